The number of ether oxygens (including phenoxy) is 1. The number of anilines is 1. The van der Waals surface area contributed by atoms with Crippen LogP contribution in [0.3, 0.4) is 0 Å². The number of piperidine rings is 1. The molecule has 1 amide bonds. The van der Waals surface area contributed by atoms with Gasteiger partial charge in [0.05, 0.1) is 17.6 Å². The molecule has 2 aromatic carbocycles. The minimum Gasteiger partial charge on any atom is -0.444 e. The van der Waals surface area contributed by atoms with E-state index in [0.29, 0.717) is 29.7 Å². The third-order valence-corrected chi connectivity index (χ3v) is 6.22. The molecule has 32 heavy (non-hydrogen) atoms. The Morgan fingerprint density at radius 3 is 2.41 bits per heavy atom. The van der Waals surface area contributed by atoms with E-state index in [-0.39, 0.29) is 12.1 Å². The van der Waals surface area contributed by atoms with Crippen LogP contribution in [0, 0.1) is 0 Å². The van der Waals surface area contributed by atoms with Crippen molar-refractivity contribution in [3.63, 3.8) is 0 Å². The molecule has 1 aromatic heterocycles. The Balaban J connectivity index is 1.52. The van der Waals surface area contributed by atoms with Gasteiger partial charge in [-0.3, -0.25) is 0 Å². The molecular formula is C24H28Cl2N4O2. The highest BCUT2D eigenvalue weighted by Crippen LogP contribution is 2.29. The zero-order valence-electron chi connectivity index (χ0n) is 18.6. The first-order valence-electron chi connectivity index (χ1n) is 10.8. The van der Waals surface area contributed by atoms with Crippen LogP contribution in [0.2, 0.25) is 10.0 Å². The van der Waals surface area contributed by atoms with E-state index in [9.17, 15) is 4.79 Å². The van der Waals surface area contributed by atoms with Gasteiger partial charge in [-0.25, -0.2) is 9.78 Å². The minimum atomic E-state index is -0.489. The zero-order valence-corrected chi connectivity index (χ0v) is 20.1. The van der Waals surface area contributed by atoms with Crippen LogP contribution in [0.25, 0.3) is 11.0 Å². The van der Waals surface area contributed by atoms with E-state index >= 15 is 0 Å². The SMILES string of the molecule is CC(C)(C)OC(=O)N1CCC(Nc2nc3ccccc3n2Cc2c(Cl)cccc2Cl)CC1. The van der Waals surface area contributed by atoms with Crippen LogP contribution >= 0.6 is 23.2 Å². The largest absolute Gasteiger partial charge is 0.444 e. The number of likely N-dealkylation sites (tertiary alicyclic amines) is 1. The van der Waals surface area contributed by atoms with Crippen molar-refractivity contribution in [3.05, 3.63) is 58.1 Å². The van der Waals surface area contributed by atoms with E-state index in [0.717, 1.165) is 35.4 Å². The molecule has 0 radical (unpaired) electrons. The molecule has 0 saturated carbocycles. The summed E-state index contributed by atoms with van der Waals surface area (Å²) in [5.41, 5.74) is 2.29. The number of benzene rings is 2. The lowest BCUT2D eigenvalue weighted by Crippen LogP contribution is -2.44. The smallest absolute Gasteiger partial charge is 0.410 e. The standard InChI is InChI=1S/C24H28Cl2N4O2/c1-24(2,3)32-23(31)29-13-11-16(12-14-29)27-22-28-20-9-4-5-10-21(20)30(22)15-17-18(25)7-6-8-19(17)26/h4-10,16H,11-15H2,1-3H3,(H,27,28). The summed E-state index contributed by atoms with van der Waals surface area (Å²) in [6.07, 6.45) is 1.38. The minimum absolute atomic E-state index is 0.200. The monoisotopic (exact) mass is 474 g/mol. The zero-order chi connectivity index (χ0) is 22.9. The molecule has 1 saturated heterocycles. The molecule has 0 bridgehead atoms. The van der Waals surface area contributed by atoms with Gasteiger partial charge in [-0.1, -0.05) is 41.4 Å². The number of hydrogen-bond acceptors (Lipinski definition) is 4. The number of rotatable bonds is 4. The lowest BCUT2D eigenvalue weighted by molar-refractivity contribution is 0.0210. The molecule has 3 aromatic rings. The molecule has 0 atom stereocenters. The molecule has 1 fully saturated rings. The molecular weight excluding hydrogens is 447 g/mol. The van der Waals surface area contributed by atoms with E-state index in [2.05, 4.69) is 9.88 Å². The Labute approximate surface area is 198 Å². The fraction of sp³-hybridized carbons (Fsp3) is 0.417. The number of hydrogen-bond donors (Lipinski definition) is 1. The second kappa shape index (κ2) is 9.20. The van der Waals surface area contributed by atoms with Gasteiger partial charge in [-0.15, -0.1) is 0 Å². The van der Waals surface area contributed by atoms with Crippen molar-refractivity contribution in [1.29, 1.82) is 0 Å². The number of carbonyl (C=O) groups excluding carboxylic acids is 1. The fourth-order valence-electron chi connectivity index (χ4n) is 3.90. The van der Waals surface area contributed by atoms with Gasteiger partial charge < -0.3 is 19.5 Å². The number of carbonyl (C=O) groups is 1. The van der Waals surface area contributed by atoms with Crippen LogP contribution in [-0.4, -0.2) is 45.3 Å². The van der Waals surface area contributed by atoms with Gasteiger partial charge in [0.15, 0.2) is 0 Å². The molecule has 4 rings (SSSR count). The van der Waals surface area contributed by atoms with Crippen molar-refractivity contribution in [2.75, 3.05) is 18.4 Å². The first-order valence-corrected chi connectivity index (χ1v) is 11.6. The summed E-state index contributed by atoms with van der Waals surface area (Å²) in [6.45, 7) is 7.45. The summed E-state index contributed by atoms with van der Waals surface area (Å²) in [5.74, 6) is 0.776. The average molecular weight is 475 g/mol. The van der Waals surface area contributed by atoms with Crippen LogP contribution < -0.4 is 5.32 Å². The van der Waals surface area contributed by atoms with Gasteiger partial charge >= 0.3 is 6.09 Å². The topological polar surface area (TPSA) is 59.4 Å². The molecule has 1 aliphatic heterocycles. The first-order chi connectivity index (χ1) is 15.2. The molecule has 2 heterocycles. The van der Waals surface area contributed by atoms with Gasteiger partial charge in [0.2, 0.25) is 5.95 Å². The summed E-state index contributed by atoms with van der Waals surface area (Å²) in [6, 6.07) is 13.8. The molecule has 8 heteroatoms. The summed E-state index contributed by atoms with van der Waals surface area (Å²) in [5, 5.41) is 4.86. The first kappa shape index (κ1) is 22.7. The second-order valence-corrected chi connectivity index (χ2v) is 9.91. The van der Waals surface area contributed by atoms with Gasteiger partial charge in [0.1, 0.15) is 5.60 Å². The Bertz CT molecular complexity index is 1090. The highest BCUT2D eigenvalue weighted by atomic mass is 35.5. The maximum atomic E-state index is 12.4. The van der Waals surface area contributed by atoms with Crippen LogP contribution in [0.15, 0.2) is 42.5 Å². The molecule has 170 valence electrons. The predicted molar refractivity (Wildman–Crippen MR) is 130 cm³/mol. The van der Waals surface area contributed by atoms with Crippen LogP contribution in [0.1, 0.15) is 39.2 Å². The van der Waals surface area contributed by atoms with E-state index in [1.807, 2.05) is 63.2 Å². The predicted octanol–water partition coefficient (Wildman–Crippen LogP) is 6.20. The molecule has 0 spiro atoms. The van der Waals surface area contributed by atoms with Gasteiger partial charge in [0.25, 0.3) is 0 Å². The maximum absolute atomic E-state index is 12.4. The van der Waals surface area contributed by atoms with Crippen molar-refractivity contribution in [2.45, 2.75) is 51.8 Å². The Hall–Kier alpha value is -2.44. The Kier molecular flexibility index (Phi) is 6.54. The highest BCUT2D eigenvalue weighted by Gasteiger charge is 2.27. The molecule has 6 nitrogen and oxygen atoms in total. The number of fused-ring (bicyclic) bond motifs is 1. The van der Waals surface area contributed by atoms with E-state index < -0.39 is 5.60 Å². The summed E-state index contributed by atoms with van der Waals surface area (Å²) in [4.78, 5) is 19.0. The molecule has 1 N–H and O–H groups in total. The average Bonchev–Trinajstić information content (AvgIpc) is 3.07. The normalized spacial score (nSPS) is 15.2. The highest BCUT2D eigenvalue weighted by molar-refractivity contribution is 6.36. The van der Waals surface area contributed by atoms with Crippen molar-refractivity contribution in [3.8, 4) is 0 Å². The number of halogens is 2. The van der Waals surface area contributed by atoms with E-state index in [1.54, 1.807) is 4.90 Å². The lowest BCUT2D eigenvalue weighted by Gasteiger charge is -2.34. The van der Waals surface area contributed by atoms with Crippen LogP contribution in [0.5, 0.6) is 0 Å². The summed E-state index contributed by atoms with van der Waals surface area (Å²) >= 11 is 12.9. The molecule has 0 unspecified atom stereocenters. The number of para-hydroxylation sites is 2. The van der Waals surface area contributed by atoms with E-state index in [4.69, 9.17) is 32.9 Å². The second-order valence-electron chi connectivity index (χ2n) is 9.10. The summed E-state index contributed by atoms with van der Waals surface area (Å²) < 4.78 is 7.62. The van der Waals surface area contributed by atoms with Crippen molar-refractivity contribution in [2.24, 2.45) is 0 Å². The molecule has 0 aliphatic carbocycles. The fourth-order valence-corrected chi connectivity index (χ4v) is 4.42. The van der Waals surface area contributed by atoms with Crippen molar-refractivity contribution in [1.82, 2.24) is 14.5 Å². The Morgan fingerprint density at radius 1 is 1.09 bits per heavy atom. The quantitative estimate of drug-likeness (QED) is 0.488. The van der Waals surface area contributed by atoms with Crippen molar-refractivity contribution >= 4 is 46.3 Å². The van der Waals surface area contributed by atoms with Crippen LogP contribution in [-0.2, 0) is 11.3 Å². The third-order valence-electron chi connectivity index (χ3n) is 5.51. The van der Waals surface area contributed by atoms with Gasteiger partial charge in [-0.2, -0.15) is 0 Å². The summed E-state index contributed by atoms with van der Waals surface area (Å²) in [7, 11) is 0. The number of aromatic nitrogens is 2. The third kappa shape index (κ3) is 5.13. The molecule has 1 aliphatic rings. The van der Waals surface area contributed by atoms with E-state index in [1.165, 1.54) is 0 Å². The lowest BCUT2D eigenvalue weighted by atomic mass is 10.1. The number of nitrogens with zero attached hydrogens (tertiary/aromatic N) is 3. The number of imidazole rings is 1. The Morgan fingerprint density at radius 2 is 1.75 bits per heavy atom. The van der Waals surface area contributed by atoms with Gasteiger partial charge in [-0.05, 0) is 57.9 Å². The van der Waals surface area contributed by atoms with Crippen molar-refractivity contribution < 1.29 is 9.53 Å². The number of amides is 1. The maximum Gasteiger partial charge on any atom is 0.410 e. The number of nitrogens with one attached hydrogen (secondary N) is 1. The van der Waals surface area contributed by atoms with Gasteiger partial charge in [0, 0.05) is 34.7 Å². The van der Waals surface area contributed by atoms with Crippen LogP contribution in [0.4, 0.5) is 10.7 Å².